The van der Waals surface area contributed by atoms with E-state index in [-0.39, 0.29) is 0 Å². The maximum Gasteiger partial charge on any atom is 0.169 e. The molecule has 0 fully saturated rings. The van der Waals surface area contributed by atoms with Crippen LogP contribution in [0.15, 0.2) is 30.3 Å². The topological polar surface area (TPSA) is 18.5 Å². The third kappa shape index (κ3) is 4.42. The highest BCUT2D eigenvalue weighted by Crippen LogP contribution is 2.35. The van der Waals surface area contributed by atoms with Crippen molar-refractivity contribution in [2.75, 3.05) is 6.61 Å². The Labute approximate surface area is 136 Å². The van der Waals surface area contributed by atoms with Gasteiger partial charge >= 0.3 is 0 Å². The first kappa shape index (κ1) is 16.3. The monoisotopic (exact) mass is 326 g/mol. The molecular weight excluding hydrogens is 307 g/mol. The van der Waals surface area contributed by atoms with E-state index in [0.29, 0.717) is 10.8 Å². The van der Waals surface area contributed by atoms with E-state index < -0.39 is 5.56 Å². The quantitative estimate of drug-likeness (QED) is 0.457. The zero-order chi connectivity index (χ0) is 15.2. The van der Waals surface area contributed by atoms with Crippen molar-refractivity contribution in [2.24, 2.45) is 0 Å². The normalized spacial score (nSPS) is 12.4. The lowest BCUT2D eigenvalue weighted by molar-refractivity contribution is 0.301. The van der Waals surface area contributed by atoms with Gasteiger partial charge in [-0.3, -0.25) is 0 Å². The summed E-state index contributed by atoms with van der Waals surface area (Å²) in [6, 6.07) is 9.70. The molecule has 21 heavy (non-hydrogen) atoms. The number of fused-ring (bicyclic) bond motifs is 1. The van der Waals surface area contributed by atoms with Crippen molar-refractivity contribution in [1.82, 2.24) is 0 Å². The van der Waals surface area contributed by atoms with Crippen LogP contribution in [0.1, 0.15) is 33.1 Å². The van der Waals surface area contributed by atoms with Gasteiger partial charge < -0.3 is 9.47 Å². The maximum absolute atomic E-state index is 6.36. The van der Waals surface area contributed by atoms with Crippen LogP contribution in [-0.4, -0.2) is 12.2 Å². The van der Waals surface area contributed by atoms with Crippen molar-refractivity contribution in [1.29, 1.82) is 0 Å². The minimum absolute atomic E-state index is 0.416. The summed E-state index contributed by atoms with van der Waals surface area (Å²) < 4.78 is 11.2. The van der Waals surface area contributed by atoms with Crippen LogP contribution in [0.25, 0.3) is 10.8 Å². The number of ether oxygens (including phenoxy) is 2. The van der Waals surface area contributed by atoms with Crippen LogP contribution in [0.3, 0.4) is 0 Å². The second-order valence-electron chi connectivity index (χ2n) is 4.98. The van der Waals surface area contributed by atoms with Crippen LogP contribution in [0, 0.1) is 0 Å². The zero-order valence-electron chi connectivity index (χ0n) is 12.4. The molecule has 0 aliphatic heterocycles. The number of unbranched alkanes of at least 4 members (excludes halogenated alkanes) is 2. The standard InChI is InChI=1S/C17H20Cl2O2/c1-3-4-5-10-20-14-7-8-15-13(11-14)6-9-16(17(15)19)21-12(2)18/h6-9,11-12H,3-5,10H2,1-2H3. The predicted molar refractivity (Wildman–Crippen MR) is 89.9 cm³/mol. The number of alkyl halides is 1. The molecule has 0 heterocycles. The van der Waals surface area contributed by atoms with Crippen molar-refractivity contribution in [2.45, 2.75) is 38.7 Å². The molecule has 114 valence electrons. The fourth-order valence-electron chi connectivity index (χ4n) is 2.15. The van der Waals surface area contributed by atoms with Gasteiger partial charge in [0.2, 0.25) is 0 Å². The van der Waals surface area contributed by atoms with Gasteiger partial charge in [0, 0.05) is 5.39 Å². The van der Waals surface area contributed by atoms with Gasteiger partial charge in [-0.15, -0.1) is 0 Å². The van der Waals surface area contributed by atoms with Gasteiger partial charge in [0.05, 0.1) is 11.6 Å². The summed E-state index contributed by atoms with van der Waals surface area (Å²) in [5.41, 5.74) is -0.416. The van der Waals surface area contributed by atoms with Crippen LogP contribution < -0.4 is 9.47 Å². The Morgan fingerprint density at radius 3 is 2.67 bits per heavy atom. The molecule has 0 aliphatic rings. The Kier molecular flexibility index (Phi) is 6.01. The van der Waals surface area contributed by atoms with Crippen molar-refractivity contribution < 1.29 is 9.47 Å². The van der Waals surface area contributed by atoms with E-state index in [1.807, 2.05) is 30.3 Å². The van der Waals surface area contributed by atoms with Crippen LogP contribution in [0.2, 0.25) is 5.02 Å². The molecule has 0 spiro atoms. The fourth-order valence-corrected chi connectivity index (χ4v) is 2.52. The summed E-state index contributed by atoms with van der Waals surface area (Å²) in [7, 11) is 0. The Balaban J connectivity index is 2.17. The first-order valence-electron chi connectivity index (χ1n) is 7.27. The second kappa shape index (κ2) is 7.77. The molecule has 0 bridgehead atoms. The molecule has 2 nitrogen and oxygen atoms in total. The van der Waals surface area contributed by atoms with Crippen LogP contribution >= 0.6 is 23.2 Å². The summed E-state index contributed by atoms with van der Waals surface area (Å²) in [6.45, 7) is 4.69. The Bertz CT molecular complexity index is 597. The lowest BCUT2D eigenvalue weighted by Crippen LogP contribution is -2.02. The fraction of sp³-hybridized carbons (Fsp3) is 0.412. The average Bonchev–Trinajstić information content (AvgIpc) is 2.46. The summed E-state index contributed by atoms with van der Waals surface area (Å²) in [5.74, 6) is 1.47. The van der Waals surface area contributed by atoms with Crippen LogP contribution in [0.5, 0.6) is 11.5 Å². The third-order valence-corrected chi connectivity index (χ3v) is 3.68. The first-order valence-corrected chi connectivity index (χ1v) is 8.09. The molecule has 1 unspecified atom stereocenters. The molecule has 0 aromatic heterocycles. The number of benzene rings is 2. The Hall–Kier alpha value is -1.12. The summed E-state index contributed by atoms with van der Waals surface area (Å²) in [5, 5.41) is 2.55. The minimum Gasteiger partial charge on any atom is -0.494 e. The van der Waals surface area contributed by atoms with Gasteiger partial charge in [-0.2, -0.15) is 0 Å². The highest BCUT2D eigenvalue weighted by Gasteiger charge is 2.09. The van der Waals surface area contributed by atoms with Crippen LogP contribution in [-0.2, 0) is 0 Å². The lowest BCUT2D eigenvalue weighted by atomic mass is 10.1. The van der Waals surface area contributed by atoms with E-state index in [1.54, 1.807) is 6.92 Å². The number of hydrogen-bond donors (Lipinski definition) is 0. The molecule has 0 aliphatic carbocycles. The third-order valence-electron chi connectivity index (χ3n) is 3.20. The molecule has 4 heteroatoms. The Morgan fingerprint density at radius 2 is 1.95 bits per heavy atom. The lowest BCUT2D eigenvalue weighted by Gasteiger charge is -2.12. The molecule has 2 aromatic rings. The maximum atomic E-state index is 6.36. The molecule has 0 saturated carbocycles. The molecule has 0 N–H and O–H groups in total. The summed E-state index contributed by atoms with van der Waals surface area (Å²) in [6.07, 6.45) is 3.46. The van der Waals surface area contributed by atoms with Gasteiger partial charge in [0.1, 0.15) is 11.5 Å². The molecule has 0 saturated heterocycles. The molecular formula is C17H20Cl2O2. The first-order chi connectivity index (χ1) is 10.1. The van der Waals surface area contributed by atoms with Crippen LogP contribution in [0.4, 0.5) is 0 Å². The highest BCUT2D eigenvalue weighted by atomic mass is 35.5. The summed E-state index contributed by atoms with van der Waals surface area (Å²) in [4.78, 5) is 0. The molecule has 2 rings (SSSR count). The number of halogens is 2. The predicted octanol–water partition coefficient (Wildman–Crippen LogP) is 6.03. The molecule has 0 amide bonds. The van der Waals surface area contributed by atoms with E-state index in [4.69, 9.17) is 32.7 Å². The highest BCUT2D eigenvalue weighted by molar-refractivity contribution is 6.37. The van der Waals surface area contributed by atoms with E-state index in [2.05, 4.69) is 6.92 Å². The number of rotatable bonds is 7. The molecule has 2 aromatic carbocycles. The van der Waals surface area contributed by atoms with E-state index >= 15 is 0 Å². The van der Waals surface area contributed by atoms with Crippen molar-refractivity contribution in [3.63, 3.8) is 0 Å². The van der Waals surface area contributed by atoms with Gasteiger partial charge in [-0.1, -0.05) is 49.0 Å². The van der Waals surface area contributed by atoms with Crippen molar-refractivity contribution >= 4 is 34.0 Å². The van der Waals surface area contributed by atoms with Crippen molar-refractivity contribution in [3.8, 4) is 11.5 Å². The smallest absolute Gasteiger partial charge is 0.169 e. The number of hydrogen-bond acceptors (Lipinski definition) is 2. The van der Waals surface area contributed by atoms with Gasteiger partial charge in [0.25, 0.3) is 0 Å². The van der Waals surface area contributed by atoms with Crippen molar-refractivity contribution in [3.05, 3.63) is 35.4 Å². The van der Waals surface area contributed by atoms with E-state index in [9.17, 15) is 0 Å². The average molecular weight is 327 g/mol. The summed E-state index contributed by atoms with van der Waals surface area (Å²) >= 11 is 12.2. The van der Waals surface area contributed by atoms with E-state index in [1.165, 1.54) is 12.8 Å². The Morgan fingerprint density at radius 1 is 1.14 bits per heavy atom. The van der Waals surface area contributed by atoms with E-state index in [0.717, 1.165) is 29.5 Å². The zero-order valence-corrected chi connectivity index (χ0v) is 13.9. The van der Waals surface area contributed by atoms with Gasteiger partial charge in [0.15, 0.2) is 5.56 Å². The molecule has 0 radical (unpaired) electrons. The van der Waals surface area contributed by atoms with Gasteiger partial charge in [-0.05, 0) is 43.0 Å². The van der Waals surface area contributed by atoms with Gasteiger partial charge in [-0.25, -0.2) is 0 Å². The minimum atomic E-state index is -0.416. The second-order valence-corrected chi connectivity index (χ2v) is 5.97. The largest absolute Gasteiger partial charge is 0.494 e. The molecule has 1 atom stereocenters. The SMILES string of the molecule is CCCCCOc1ccc2c(Cl)c(OC(C)Cl)ccc2c1.